The van der Waals surface area contributed by atoms with E-state index in [1.807, 2.05) is 91.0 Å². The van der Waals surface area contributed by atoms with Crippen LogP contribution in [0.5, 0.6) is 0 Å². The smallest absolute Gasteiger partial charge is 0.212 e. The Balaban J connectivity index is 1.23. The fourth-order valence-corrected chi connectivity index (χ4v) is 11.3. The Hall–Kier alpha value is -7.65. The van der Waals surface area contributed by atoms with E-state index in [0.29, 0.717) is 40.0 Å². The van der Waals surface area contributed by atoms with Gasteiger partial charge in [-0.3, -0.25) is 0 Å². The molecule has 9 aromatic rings. The van der Waals surface area contributed by atoms with Crippen molar-refractivity contribution in [3.05, 3.63) is 181 Å². The van der Waals surface area contributed by atoms with Crippen molar-refractivity contribution >= 4 is 63.0 Å². The van der Waals surface area contributed by atoms with Gasteiger partial charge in [-0.25, -0.2) is 19.8 Å². The monoisotopic (exact) mass is 747 g/mol. The number of fused-ring (bicyclic) bond motifs is 5. The Morgan fingerprint density at radius 3 is 1.79 bits per heavy atom. The van der Waals surface area contributed by atoms with Gasteiger partial charge in [-0.15, -0.1) is 0 Å². The molecule has 0 amide bonds. The molecule has 0 bridgehead atoms. The minimum atomic E-state index is -2.26. The van der Waals surface area contributed by atoms with E-state index in [-0.39, 0.29) is 0 Å². The topological polar surface area (TPSA) is 75.0 Å². The molecule has 3 heterocycles. The summed E-state index contributed by atoms with van der Waals surface area (Å²) >= 11 is 0. The average Bonchev–Trinajstić information content (AvgIpc) is 3.59. The molecule has 0 saturated carbocycles. The molecule has 0 aliphatic carbocycles. The summed E-state index contributed by atoms with van der Waals surface area (Å²) < 4.78 is 2.12. The lowest BCUT2D eigenvalue weighted by atomic mass is 10.1. The second kappa shape index (κ2) is 13.3. The van der Waals surface area contributed by atoms with Gasteiger partial charge >= 0.3 is 0 Å². The first-order chi connectivity index (χ1) is 27.9. The molecule has 7 aromatic carbocycles. The second-order valence-corrected chi connectivity index (χ2v) is 19.0. The minimum absolute atomic E-state index is 0.333. The average molecular weight is 748 g/mol. The zero-order valence-electron chi connectivity index (χ0n) is 31.2. The Morgan fingerprint density at radius 1 is 0.561 bits per heavy atom. The van der Waals surface area contributed by atoms with Crippen LogP contribution in [-0.2, 0) is 0 Å². The SMILES string of the molecule is [C-]#[N+]c1cc(-c2nc(-c3ccccc3)nc(-c3ccccc3)n2)cc(C#N)c1-n1c2ccccc2c2cc3c(cc21)[Si](C)(C)c1ccccc1N3c1ccccc1. The Kier molecular flexibility index (Phi) is 7.89. The molecule has 7 nitrogen and oxygen atoms in total. The lowest BCUT2D eigenvalue weighted by Crippen LogP contribution is -2.58. The number of anilines is 3. The number of aromatic nitrogens is 4. The molecule has 0 unspecified atom stereocenters. The van der Waals surface area contributed by atoms with Gasteiger partial charge in [-0.2, -0.15) is 5.26 Å². The summed E-state index contributed by atoms with van der Waals surface area (Å²) in [6.45, 7) is 13.4. The van der Waals surface area contributed by atoms with Gasteiger partial charge in [-0.1, -0.05) is 128 Å². The first-order valence-corrected chi connectivity index (χ1v) is 21.8. The second-order valence-electron chi connectivity index (χ2n) is 14.7. The highest BCUT2D eigenvalue weighted by Gasteiger charge is 2.39. The Bertz CT molecular complexity index is 3030. The predicted molar refractivity (Wildman–Crippen MR) is 233 cm³/mol. The third-order valence-electron chi connectivity index (χ3n) is 11.0. The minimum Gasteiger partial charge on any atom is -0.318 e. The van der Waals surface area contributed by atoms with E-state index in [0.717, 1.165) is 44.3 Å². The van der Waals surface area contributed by atoms with Gasteiger partial charge in [0, 0.05) is 44.5 Å². The van der Waals surface area contributed by atoms with Crippen LogP contribution in [0.25, 0.3) is 66.5 Å². The Labute approximate surface area is 331 Å². The number of nitriles is 1. The van der Waals surface area contributed by atoms with E-state index in [1.165, 1.54) is 16.1 Å². The lowest BCUT2D eigenvalue weighted by Gasteiger charge is -2.41. The van der Waals surface area contributed by atoms with Crippen molar-refractivity contribution < 1.29 is 0 Å². The number of hydrogen-bond donors (Lipinski definition) is 0. The van der Waals surface area contributed by atoms with E-state index >= 15 is 0 Å². The van der Waals surface area contributed by atoms with Crippen molar-refractivity contribution in [2.45, 2.75) is 13.1 Å². The van der Waals surface area contributed by atoms with E-state index in [4.69, 9.17) is 21.5 Å². The maximum Gasteiger partial charge on any atom is 0.212 e. The number of hydrogen-bond acceptors (Lipinski definition) is 5. The molecule has 0 saturated heterocycles. The fourth-order valence-electron chi connectivity index (χ4n) is 8.35. The number of benzene rings is 7. The van der Waals surface area contributed by atoms with Crippen molar-refractivity contribution in [2.75, 3.05) is 4.90 Å². The maximum atomic E-state index is 10.9. The molecule has 268 valence electrons. The molecular weight excluding hydrogens is 715 g/mol. The van der Waals surface area contributed by atoms with Crippen molar-refractivity contribution in [3.8, 4) is 45.9 Å². The van der Waals surface area contributed by atoms with Gasteiger partial charge < -0.3 is 9.47 Å². The lowest BCUT2D eigenvalue weighted by molar-refractivity contribution is 1.07. The van der Waals surface area contributed by atoms with Gasteiger partial charge in [0.05, 0.1) is 34.9 Å². The quantitative estimate of drug-likeness (QED) is 0.129. The van der Waals surface area contributed by atoms with Gasteiger partial charge in [0.25, 0.3) is 0 Å². The largest absolute Gasteiger partial charge is 0.318 e. The normalized spacial score (nSPS) is 12.8. The molecule has 0 atom stereocenters. The number of para-hydroxylation sites is 3. The van der Waals surface area contributed by atoms with Crippen LogP contribution >= 0.6 is 0 Å². The van der Waals surface area contributed by atoms with Crippen LogP contribution in [0.3, 0.4) is 0 Å². The van der Waals surface area contributed by atoms with Gasteiger partial charge in [0.2, 0.25) is 5.69 Å². The molecule has 0 N–H and O–H groups in total. The van der Waals surface area contributed by atoms with Crippen molar-refractivity contribution in [3.63, 3.8) is 0 Å². The van der Waals surface area contributed by atoms with Crippen LogP contribution in [0.1, 0.15) is 5.56 Å². The summed E-state index contributed by atoms with van der Waals surface area (Å²) in [5.74, 6) is 1.41. The van der Waals surface area contributed by atoms with Crippen molar-refractivity contribution in [2.24, 2.45) is 0 Å². The van der Waals surface area contributed by atoms with Crippen LogP contribution in [0, 0.1) is 17.9 Å². The Morgan fingerprint density at radius 2 is 1.14 bits per heavy atom. The third kappa shape index (κ3) is 5.43. The van der Waals surface area contributed by atoms with E-state index < -0.39 is 8.07 Å². The van der Waals surface area contributed by atoms with Gasteiger partial charge in [0.1, 0.15) is 8.07 Å². The third-order valence-corrected chi connectivity index (χ3v) is 14.6. The van der Waals surface area contributed by atoms with Crippen LogP contribution in [0.4, 0.5) is 22.7 Å². The molecule has 1 aliphatic heterocycles. The molecule has 57 heavy (non-hydrogen) atoms. The highest BCUT2D eigenvalue weighted by molar-refractivity contribution is 7.02. The highest BCUT2D eigenvalue weighted by Crippen LogP contribution is 2.44. The standard InChI is InChI=1S/C49H33N7Si/c1-51-39-28-34(49-53-47(32-17-7-4-8-18-32)52-48(54-49)33-19-9-5-10-20-33)27-35(31-50)46(39)56-40-24-14-13-23-37(40)38-29-43-45(30-42(38)56)57(2,3)44-26-16-15-25-41(44)55(43)36-21-11-6-12-22-36/h4-30H,2-3H3. The summed E-state index contributed by atoms with van der Waals surface area (Å²) in [6, 6.07) is 57.9. The van der Waals surface area contributed by atoms with Crippen LogP contribution in [0.15, 0.2) is 164 Å². The summed E-state index contributed by atoms with van der Waals surface area (Å²) in [7, 11) is -2.26. The predicted octanol–water partition coefficient (Wildman–Crippen LogP) is 11.0. The molecule has 0 spiro atoms. The first kappa shape index (κ1) is 33.9. The summed E-state index contributed by atoms with van der Waals surface area (Å²) in [5, 5.41) is 15.7. The molecule has 8 heteroatoms. The summed E-state index contributed by atoms with van der Waals surface area (Å²) in [4.78, 5) is 21.2. The van der Waals surface area contributed by atoms with E-state index in [9.17, 15) is 5.26 Å². The molecular formula is C49H33N7Si. The number of nitrogens with zero attached hydrogens (tertiary/aromatic N) is 7. The van der Waals surface area contributed by atoms with Gasteiger partial charge in [-0.05, 0) is 58.9 Å². The summed E-state index contributed by atoms with van der Waals surface area (Å²) in [5.41, 5.74) is 8.82. The first-order valence-electron chi connectivity index (χ1n) is 18.8. The molecule has 0 radical (unpaired) electrons. The highest BCUT2D eigenvalue weighted by atomic mass is 28.3. The maximum absolute atomic E-state index is 10.9. The van der Waals surface area contributed by atoms with Crippen LogP contribution in [0.2, 0.25) is 13.1 Å². The molecule has 2 aromatic heterocycles. The van der Waals surface area contributed by atoms with Gasteiger partial charge in [0.15, 0.2) is 17.5 Å². The molecule has 1 aliphatic rings. The number of rotatable bonds is 5. The van der Waals surface area contributed by atoms with Crippen LogP contribution in [-0.4, -0.2) is 27.6 Å². The van der Waals surface area contributed by atoms with Crippen LogP contribution < -0.4 is 15.3 Å². The van der Waals surface area contributed by atoms with Crippen molar-refractivity contribution in [1.82, 2.24) is 19.5 Å². The van der Waals surface area contributed by atoms with E-state index in [1.54, 1.807) is 0 Å². The van der Waals surface area contributed by atoms with Crippen molar-refractivity contribution in [1.29, 1.82) is 5.26 Å². The summed E-state index contributed by atoms with van der Waals surface area (Å²) in [6.07, 6.45) is 0. The zero-order valence-corrected chi connectivity index (χ0v) is 32.2. The fraction of sp³-hybridized carbons (Fsp3) is 0.0408. The molecule has 10 rings (SSSR count). The zero-order chi connectivity index (χ0) is 38.7. The van der Waals surface area contributed by atoms with E-state index in [2.05, 4.69) is 106 Å². The molecule has 0 fully saturated rings.